The Bertz CT molecular complexity index is 264. The van der Waals surface area contributed by atoms with E-state index in [1.54, 1.807) is 0 Å². The third-order valence-corrected chi connectivity index (χ3v) is 2.16. The predicted molar refractivity (Wildman–Crippen MR) is 52.7 cm³/mol. The molecule has 1 N–H and O–H groups in total. The Hall–Kier alpha value is -1.12. The standard InChI is InChI=1S/C10H15N3/c1-2-3-9-6-7-10(13-12-9)11-8-4-5-8/h6-8H,2-5H2,1H3,(H,11,13). The molecule has 3 heteroatoms. The molecule has 2 rings (SSSR count). The second-order valence-electron chi connectivity index (χ2n) is 3.58. The Morgan fingerprint density at radius 2 is 2.23 bits per heavy atom. The Morgan fingerprint density at radius 3 is 2.77 bits per heavy atom. The van der Waals surface area contributed by atoms with Gasteiger partial charge in [0.2, 0.25) is 0 Å². The molecule has 0 atom stereocenters. The van der Waals surface area contributed by atoms with Crippen LogP contribution in [0.1, 0.15) is 31.9 Å². The Balaban J connectivity index is 1.95. The van der Waals surface area contributed by atoms with Crippen molar-refractivity contribution < 1.29 is 0 Å². The van der Waals surface area contributed by atoms with Gasteiger partial charge in [0.1, 0.15) is 5.82 Å². The lowest BCUT2D eigenvalue weighted by Gasteiger charge is -2.02. The van der Waals surface area contributed by atoms with Gasteiger partial charge in [-0.05, 0) is 31.4 Å². The Morgan fingerprint density at radius 1 is 1.38 bits per heavy atom. The molecule has 1 aliphatic carbocycles. The third-order valence-electron chi connectivity index (χ3n) is 2.16. The number of nitrogens with zero attached hydrogens (tertiary/aromatic N) is 2. The lowest BCUT2D eigenvalue weighted by molar-refractivity contribution is 0.837. The molecule has 0 aromatic carbocycles. The molecule has 1 aromatic rings. The van der Waals surface area contributed by atoms with Gasteiger partial charge in [0.15, 0.2) is 0 Å². The van der Waals surface area contributed by atoms with E-state index in [1.165, 1.54) is 12.8 Å². The summed E-state index contributed by atoms with van der Waals surface area (Å²) < 4.78 is 0. The smallest absolute Gasteiger partial charge is 0.148 e. The lowest BCUT2D eigenvalue weighted by Crippen LogP contribution is -2.04. The summed E-state index contributed by atoms with van der Waals surface area (Å²) in [5, 5.41) is 11.6. The van der Waals surface area contributed by atoms with E-state index in [-0.39, 0.29) is 0 Å². The molecule has 1 saturated carbocycles. The van der Waals surface area contributed by atoms with Gasteiger partial charge in [-0.3, -0.25) is 0 Å². The van der Waals surface area contributed by atoms with E-state index in [0.29, 0.717) is 6.04 Å². The zero-order valence-electron chi connectivity index (χ0n) is 7.95. The fourth-order valence-corrected chi connectivity index (χ4v) is 1.26. The highest BCUT2D eigenvalue weighted by Gasteiger charge is 2.21. The van der Waals surface area contributed by atoms with Crippen molar-refractivity contribution in [3.05, 3.63) is 17.8 Å². The predicted octanol–water partition coefficient (Wildman–Crippen LogP) is 2.00. The van der Waals surface area contributed by atoms with Gasteiger partial charge < -0.3 is 5.32 Å². The molecule has 1 aliphatic rings. The van der Waals surface area contributed by atoms with Crippen LogP contribution in [0.15, 0.2) is 12.1 Å². The highest BCUT2D eigenvalue weighted by atomic mass is 15.2. The van der Waals surface area contributed by atoms with Crippen molar-refractivity contribution in [3.63, 3.8) is 0 Å². The first-order valence-electron chi connectivity index (χ1n) is 4.97. The molecular weight excluding hydrogens is 162 g/mol. The van der Waals surface area contributed by atoms with Crippen LogP contribution in [0.4, 0.5) is 5.82 Å². The van der Waals surface area contributed by atoms with Crippen LogP contribution in [-0.2, 0) is 6.42 Å². The molecule has 1 fully saturated rings. The van der Waals surface area contributed by atoms with Crippen LogP contribution in [0.3, 0.4) is 0 Å². The second-order valence-corrected chi connectivity index (χ2v) is 3.58. The van der Waals surface area contributed by atoms with Crippen LogP contribution in [-0.4, -0.2) is 16.2 Å². The van der Waals surface area contributed by atoms with Gasteiger partial charge >= 0.3 is 0 Å². The number of anilines is 1. The summed E-state index contributed by atoms with van der Waals surface area (Å²) in [5.74, 6) is 0.919. The maximum atomic E-state index is 4.14. The average Bonchev–Trinajstić information content (AvgIpc) is 2.93. The van der Waals surface area contributed by atoms with Gasteiger partial charge in [0.25, 0.3) is 0 Å². The van der Waals surface area contributed by atoms with E-state index in [1.807, 2.05) is 6.07 Å². The van der Waals surface area contributed by atoms with Crippen LogP contribution in [0.25, 0.3) is 0 Å². The summed E-state index contributed by atoms with van der Waals surface area (Å²) in [6.07, 6.45) is 4.71. The number of hydrogen-bond acceptors (Lipinski definition) is 3. The van der Waals surface area contributed by atoms with E-state index < -0.39 is 0 Å². The molecular formula is C10H15N3. The van der Waals surface area contributed by atoms with E-state index in [4.69, 9.17) is 0 Å². The van der Waals surface area contributed by atoms with Crippen LogP contribution >= 0.6 is 0 Å². The molecule has 0 radical (unpaired) electrons. The van der Waals surface area contributed by atoms with E-state index in [9.17, 15) is 0 Å². The zero-order valence-corrected chi connectivity index (χ0v) is 7.95. The van der Waals surface area contributed by atoms with Crippen molar-refractivity contribution in [2.45, 2.75) is 38.6 Å². The molecule has 0 aliphatic heterocycles. The summed E-state index contributed by atoms with van der Waals surface area (Å²) >= 11 is 0. The molecule has 1 heterocycles. The Kier molecular flexibility index (Phi) is 2.43. The highest BCUT2D eigenvalue weighted by Crippen LogP contribution is 2.23. The van der Waals surface area contributed by atoms with Gasteiger partial charge in [-0.1, -0.05) is 13.3 Å². The number of aromatic nitrogens is 2. The number of hydrogen-bond donors (Lipinski definition) is 1. The third kappa shape index (κ3) is 2.41. The molecule has 0 spiro atoms. The minimum Gasteiger partial charge on any atom is -0.366 e. The normalized spacial score (nSPS) is 15.8. The minimum absolute atomic E-state index is 0.659. The van der Waals surface area contributed by atoms with Crippen molar-refractivity contribution >= 4 is 5.82 Å². The van der Waals surface area contributed by atoms with Gasteiger partial charge in [-0.25, -0.2) is 0 Å². The van der Waals surface area contributed by atoms with Crippen molar-refractivity contribution in [1.82, 2.24) is 10.2 Å². The van der Waals surface area contributed by atoms with E-state index in [0.717, 1.165) is 24.4 Å². The van der Waals surface area contributed by atoms with Crippen LogP contribution in [0, 0.1) is 0 Å². The lowest BCUT2D eigenvalue weighted by atomic mass is 10.2. The first kappa shape index (κ1) is 8.48. The van der Waals surface area contributed by atoms with Gasteiger partial charge in [-0.2, -0.15) is 5.10 Å². The van der Waals surface area contributed by atoms with E-state index >= 15 is 0 Å². The number of rotatable bonds is 4. The summed E-state index contributed by atoms with van der Waals surface area (Å²) in [6.45, 7) is 2.15. The van der Waals surface area contributed by atoms with Crippen LogP contribution < -0.4 is 5.32 Å². The molecule has 1 aromatic heterocycles. The summed E-state index contributed by atoms with van der Waals surface area (Å²) in [7, 11) is 0. The maximum absolute atomic E-state index is 4.14. The average molecular weight is 177 g/mol. The first-order valence-corrected chi connectivity index (χ1v) is 4.97. The quantitative estimate of drug-likeness (QED) is 0.764. The Labute approximate surface area is 78.6 Å². The molecule has 0 unspecified atom stereocenters. The maximum Gasteiger partial charge on any atom is 0.148 e. The van der Waals surface area contributed by atoms with E-state index in [2.05, 4.69) is 28.5 Å². The van der Waals surface area contributed by atoms with Crippen molar-refractivity contribution in [3.8, 4) is 0 Å². The molecule has 3 nitrogen and oxygen atoms in total. The number of aryl methyl sites for hydroxylation is 1. The van der Waals surface area contributed by atoms with Gasteiger partial charge in [0, 0.05) is 6.04 Å². The molecule has 0 bridgehead atoms. The molecule has 70 valence electrons. The number of nitrogens with one attached hydrogen (secondary N) is 1. The SMILES string of the molecule is CCCc1ccc(NC2CC2)nn1. The van der Waals surface area contributed by atoms with Crippen molar-refractivity contribution in [2.75, 3.05) is 5.32 Å². The zero-order chi connectivity index (χ0) is 9.10. The summed E-state index contributed by atoms with van der Waals surface area (Å²) in [4.78, 5) is 0. The highest BCUT2D eigenvalue weighted by molar-refractivity contribution is 5.35. The minimum atomic E-state index is 0.659. The molecule has 13 heavy (non-hydrogen) atoms. The monoisotopic (exact) mass is 177 g/mol. The van der Waals surface area contributed by atoms with Crippen LogP contribution in [0.2, 0.25) is 0 Å². The molecule has 0 amide bonds. The second kappa shape index (κ2) is 3.73. The summed E-state index contributed by atoms with van der Waals surface area (Å²) in [5.41, 5.74) is 1.09. The van der Waals surface area contributed by atoms with Gasteiger partial charge in [-0.15, -0.1) is 5.10 Å². The van der Waals surface area contributed by atoms with Crippen molar-refractivity contribution in [2.24, 2.45) is 0 Å². The van der Waals surface area contributed by atoms with Gasteiger partial charge in [0.05, 0.1) is 5.69 Å². The topological polar surface area (TPSA) is 37.8 Å². The molecule has 0 saturated heterocycles. The fraction of sp³-hybridized carbons (Fsp3) is 0.600. The summed E-state index contributed by atoms with van der Waals surface area (Å²) in [6, 6.07) is 4.74. The fourth-order valence-electron chi connectivity index (χ4n) is 1.26. The van der Waals surface area contributed by atoms with Crippen LogP contribution in [0.5, 0.6) is 0 Å². The largest absolute Gasteiger partial charge is 0.366 e. The van der Waals surface area contributed by atoms with Crippen molar-refractivity contribution in [1.29, 1.82) is 0 Å². The first-order chi connectivity index (χ1) is 6.38.